The summed E-state index contributed by atoms with van der Waals surface area (Å²) in [6.07, 6.45) is 1.95. The molecule has 1 amide bonds. The number of amides is 1. The van der Waals surface area contributed by atoms with Gasteiger partial charge in [0.25, 0.3) is 11.6 Å². The molecule has 114 valence electrons. The van der Waals surface area contributed by atoms with Gasteiger partial charge < -0.3 is 10.2 Å². The number of nitrogens with one attached hydrogen (secondary N) is 1. The number of non-ortho nitro benzene ring substituents is 1. The van der Waals surface area contributed by atoms with Crippen molar-refractivity contribution < 1.29 is 9.72 Å². The first-order valence-corrected chi connectivity index (χ1v) is 7.21. The van der Waals surface area contributed by atoms with Crippen molar-refractivity contribution in [2.45, 2.75) is 19.8 Å². The average molecular weight is 291 g/mol. The molecule has 1 aliphatic heterocycles. The van der Waals surface area contributed by atoms with E-state index in [1.165, 1.54) is 12.1 Å². The van der Waals surface area contributed by atoms with Gasteiger partial charge in [0.1, 0.15) is 0 Å². The third-order valence-corrected chi connectivity index (χ3v) is 3.91. The summed E-state index contributed by atoms with van der Waals surface area (Å²) in [5, 5.41) is 14.1. The molecular formula is C15H21N3O3. The molecule has 0 saturated carbocycles. The van der Waals surface area contributed by atoms with E-state index in [-0.39, 0.29) is 11.6 Å². The maximum Gasteiger partial charge on any atom is 0.270 e. The van der Waals surface area contributed by atoms with Crippen LogP contribution in [0.15, 0.2) is 18.2 Å². The zero-order valence-electron chi connectivity index (χ0n) is 12.5. The Hall–Kier alpha value is -1.95. The lowest BCUT2D eigenvalue weighted by Crippen LogP contribution is -2.40. The zero-order valence-corrected chi connectivity index (χ0v) is 12.5. The minimum Gasteiger partial charge on any atom is -0.339 e. The first kappa shape index (κ1) is 15.4. The van der Waals surface area contributed by atoms with Crippen LogP contribution in [0.4, 0.5) is 5.69 Å². The largest absolute Gasteiger partial charge is 0.339 e. The maximum atomic E-state index is 12.5. The fraction of sp³-hybridized carbons (Fsp3) is 0.533. The van der Waals surface area contributed by atoms with E-state index in [4.69, 9.17) is 0 Å². The van der Waals surface area contributed by atoms with Crippen molar-refractivity contribution in [1.29, 1.82) is 0 Å². The molecule has 0 unspecified atom stereocenters. The molecule has 1 aromatic carbocycles. The second-order valence-corrected chi connectivity index (χ2v) is 5.61. The van der Waals surface area contributed by atoms with Gasteiger partial charge >= 0.3 is 0 Å². The Labute approximate surface area is 124 Å². The Bertz CT molecular complexity index is 537. The van der Waals surface area contributed by atoms with Crippen molar-refractivity contribution in [3.05, 3.63) is 39.4 Å². The predicted molar refractivity (Wildman–Crippen MR) is 80.4 cm³/mol. The van der Waals surface area contributed by atoms with Gasteiger partial charge in [-0.25, -0.2) is 0 Å². The van der Waals surface area contributed by atoms with Crippen molar-refractivity contribution in [3.63, 3.8) is 0 Å². The molecule has 0 aliphatic carbocycles. The summed E-state index contributed by atoms with van der Waals surface area (Å²) in [5.74, 6) is 0.496. The van der Waals surface area contributed by atoms with Gasteiger partial charge in [0.15, 0.2) is 0 Å². The van der Waals surface area contributed by atoms with Gasteiger partial charge in [-0.3, -0.25) is 14.9 Å². The second kappa shape index (κ2) is 6.67. The highest BCUT2D eigenvalue weighted by atomic mass is 16.6. The number of aryl methyl sites for hydroxylation is 1. The number of carbonyl (C=O) groups is 1. The number of nitro benzene ring substituents is 1. The highest BCUT2D eigenvalue weighted by Crippen LogP contribution is 2.21. The summed E-state index contributed by atoms with van der Waals surface area (Å²) in [6, 6.07) is 4.57. The third kappa shape index (κ3) is 3.78. The first-order valence-electron chi connectivity index (χ1n) is 7.21. The third-order valence-electron chi connectivity index (χ3n) is 3.91. The number of hydrogen-bond acceptors (Lipinski definition) is 4. The SMILES string of the molecule is CNCC1CCN(C(=O)c2cc(C)cc([N+](=O)[O-])c2)CC1. The lowest BCUT2D eigenvalue weighted by atomic mass is 9.96. The van der Waals surface area contributed by atoms with Crippen molar-refractivity contribution in [2.24, 2.45) is 5.92 Å². The van der Waals surface area contributed by atoms with Gasteiger partial charge in [0.05, 0.1) is 4.92 Å². The van der Waals surface area contributed by atoms with Gasteiger partial charge in [-0.15, -0.1) is 0 Å². The van der Waals surface area contributed by atoms with Crippen LogP contribution in [0, 0.1) is 23.0 Å². The molecule has 1 aliphatic rings. The van der Waals surface area contributed by atoms with E-state index in [1.807, 2.05) is 7.05 Å². The number of nitro groups is 1. The lowest BCUT2D eigenvalue weighted by Gasteiger charge is -2.32. The molecule has 0 aromatic heterocycles. The average Bonchev–Trinajstić information content (AvgIpc) is 2.47. The number of nitrogens with zero attached hydrogens (tertiary/aromatic N) is 2. The summed E-state index contributed by atoms with van der Waals surface area (Å²) < 4.78 is 0. The van der Waals surface area contributed by atoms with E-state index in [2.05, 4.69) is 5.32 Å². The second-order valence-electron chi connectivity index (χ2n) is 5.61. The molecule has 1 fully saturated rings. The molecule has 0 spiro atoms. The minimum absolute atomic E-state index is 0.0246. The van der Waals surface area contributed by atoms with Gasteiger partial charge in [-0.05, 0) is 50.9 Å². The summed E-state index contributed by atoms with van der Waals surface area (Å²) in [6.45, 7) is 4.17. The summed E-state index contributed by atoms with van der Waals surface area (Å²) in [7, 11) is 1.93. The first-order chi connectivity index (χ1) is 10.0. The molecule has 2 rings (SSSR count). The number of carbonyl (C=O) groups excluding carboxylic acids is 1. The molecule has 1 saturated heterocycles. The molecule has 1 N–H and O–H groups in total. The van der Waals surface area contributed by atoms with Crippen LogP contribution in [0.1, 0.15) is 28.8 Å². The van der Waals surface area contributed by atoms with Crippen molar-refractivity contribution in [1.82, 2.24) is 10.2 Å². The highest BCUT2D eigenvalue weighted by Gasteiger charge is 2.24. The van der Waals surface area contributed by atoms with E-state index >= 15 is 0 Å². The predicted octanol–water partition coefficient (Wildman–Crippen LogP) is 1.97. The summed E-state index contributed by atoms with van der Waals surface area (Å²) in [5.41, 5.74) is 1.12. The van der Waals surface area contributed by atoms with Gasteiger partial charge in [0.2, 0.25) is 0 Å². The molecule has 0 bridgehead atoms. The van der Waals surface area contributed by atoms with Crippen LogP contribution in [0.5, 0.6) is 0 Å². The van der Waals surface area contributed by atoms with Gasteiger partial charge in [-0.1, -0.05) is 0 Å². The fourth-order valence-electron chi connectivity index (χ4n) is 2.80. The van der Waals surface area contributed by atoms with Crippen LogP contribution in [-0.2, 0) is 0 Å². The minimum atomic E-state index is -0.455. The fourth-order valence-corrected chi connectivity index (χ4v) is 2.80. The molecule has 1 aromatic rings. The van der Waals surface area contributed by atoms with Crippen molar-refractivity contribution in [2.75, 3.05) is 26.7 Å². The quantitative estimate of drug-likeness (QED) is 0.680. The molecule has 6 nitrogen and oxygen atoms in total. The normalized spacial score (nSPS) is 16.0. The van der Waals surface area contributed by atoms with E-state index in [9.17, 15) is 14.9 Å². The van der Waals surface area contributed by atoms with E-state index in [0.29, 0.717) is 24.6 Å². The van der Waals surface area contributed by atoms with Gasteiger partial charge in [0, 0.05) is 30.8 Å². The van der Waals surface area contributed by atoms with E-state index < -0.39 is 4.92 Å². The number of benzene rings is 1. The molecule has 0 atom stereocenters. The van der Waals surface area contributed by atoms with Crippen LogP contribution in [0.2, 0.25) is 0 Å². The highest BCUT2D eigenvalue weighted by molar-refractivity contribution is 5.95. The van der Waals surface area contributed by atoms with Crippen LogP contribution in [0.3, 0.4) is 0 Å². The van der Waals surface area contributed by atoms with Gasteiger partial charge in [-0.2, -0.15) is 0 Å². The lowest BCUT2D eigenvalue weighted by molar-refractivity contribution is -0.384. The molecule has 21 heavy (non-hydrogen) atoms. The van der Waals surface area contributed by atoms with Crippen LogP contribution >= 0.6 is 0 Å². The Balaban J connectivity index is 2.09. The summed E-state index contributed by atoms with van der Waals surface area (Å²) in [4.78, 5) is 24.7. The Morgan fingerprint density at radius 2 is 2.05 bits per heavy atom. The summed E-state index contributed by atoms with van der Waals surface area (Å²) >= 11 is 0. The zero-order chi connectivity index (χ0) is 15.4. The van der Waals surface area contributed by atoms with E-state index in [1.54, 1.807) is 17.9 Å². The van der Waals surface area contributed by atoms with Crippen molar-refractivity contribution >= 4 is 11.6 Å². The molecule has 6 heteroatoms. The smallest absolute Gasteiger partial charge is 0.270 e. The standard InChI is InChI=1S/C15H21N3O3/c1-11-7-13(9-14(8-11)18(20)21)15(19)17-5-3-12(4-6-17)10-16-2/h7-9,12,16H,3-6,10H2,1-2H3. The molecule has 1 heterocycles. The Kier molecular flexibility index (Phi) is 4.90. The number of piperidine rings is 1. The Morgan fingerprint density at radius 1 is 1.38 bits per heavy atom. The topological polar surface area (TPSA) is 75.5 Å². The Morgan fingerprint density at radius 3 is 2.62 bits per heavy atom. The molecular weight excluding hydrogens is 270 g/mol. The van der Waals surface area contributed by atoms with E-state index in [0.717, 1.165) is 24.9 Å². The van der Waals surface area contributed by atoms with Crippen LogP contribution in [-0.4, -0.2) is 42.4 Å². The molecule has 0 radical (unpaired) electrons. The monoisotopic (exact) mass is 291 g/mol. The number of hydrogen-bond donors (Lipinski definition) is 1. The van der Waals surface area contributed by atoms with Crippen molar-refractivity contribution in [3.8, 4) is 0 Å². The maximum absolute atomic E-state index is 12.5. The number of rotatable bonds is 4. The van der Waals surface area contributed by atoms with Crippen LogP contribution < -0.4 is 5.32 Å². The van der Waals surface area contributed by atoms with Crippen LogP contribution in [0.25, 0.3) is 0 Å². The number of likely N-dealkylation sites (tertiary alicyclic amines) is 1.